The molecule has 1 aromatic rings. The lowest BCUT2D eigenvalue weighted by Crippen LogP contribution is -2.22. The number of likely N-dealkylation sites (N-methyl/N-ethyl adjacent to an activating group) is 1. The van der Waals surface area contributed by atoms with E-state index in [1.807, 2.05) is 38.2 Å². The zero-order valence-electron chi connectivity index (χ0n) is 10.8. The summed E-state index contributed by atoms with van der Waals surface area (Å²) in [6.07, 6.45) is 2.71. The highest BCUT2D eigenvalue weighted by atomic mass is 16.5. The number of carboxylic acids is 1. The molecule has 0 aliphatic carbocycles. The van der Waals surface area contributed by atoms with Crippen molar-refractivity contribution in [3.63, 3.8) is 0 Å². The predicted molar refractivity (Wildman–Crippen MR) is 72.9 cm³/mol. The van der Waals surface area contributed by atoms with Crippen LogP contribution in [0.1, 0.15) is 12.5 Å². The smallest absolute Gasteiger partial charge is 0.328 e. The Hall–Kier alpha value is -1.81. The Labute approximate surface area is 107 Å². The molecule has 0 saturated carbocycles. The van der Waals surface area contributed by atoms with Gasteiger partial charge >= 0.3 is 5.97 Å². The fraction of sp³-hybridized carbons (Fsp3) is 0.357. The number of hydrogen-bond donors (Lipinski definition) is 1. The average Bonchev–Trinajstić information content (AvgIpc) is 2.37. The van der Waals surface area contributed by atoms with E-state index in [4.69, 9.17) is 9.84 Å². The summed E-state index contributed by atoms with van der Waals surface area (Å²) in [5, 5.41) is 8.53. The van der Waals surface area contributed by atoms with Gasteiger partial charge in [-0.1, -0.05) is 12.1 Å². The molecule has 0 bridgehead atoms. The molecule has 1 N–H and O–H groups in total. The highest BCUT2D eigenvalue weighted by Crippen LogP contribution is 2.14. The first kappa shape index (κ1) is 14.3. The van der Waals surface area contributed by atoms with Crippen molar-refractivity contribution in [2.24, 2.45) is 0 Å². The number of carbonyl (C=O) groups is 1. The van der Waals surface area contributed by atoms with Gasteiger partial charge in [0.2, 0.25) is 0 Å². The summed E-state index contributed by atoms with van der Waals surface area (Å²) < 4.78 is 5.30. The van der Waals surface area contributed by atoms with Crippen LogP contribution in [-0.4, -0.2) is 37.9 Å². The molecule has 98 valence electrons. The van der Waals surface area contributed by atoms with E-state index in [1.165, 1.54) is 0 Å². The number of ether oxygens (including phenoxy) is 1. The lowest BCUT2D eigenvalue weighted by molar-refractivity contribution is -0.131. The summed E-state index contributed by atoms with van der Waals surface area (Å²) in [4.78, 5) is 12.5. The Morgan fingerprint density at radius 3 is 2.61 bits per heavy atom. The zero-order chi connectivity index (χ0) is 13.4. The first-order valence-corrected chi connectivity index (χ1v) is 5.93. The molecular weight excluding hydrogens is 230 g/mol. The largest absolute Gasteiger partial charge is 0.478 e. The lowest BCUT2D eigenvalue weighted by Gasteiger charge is -2.19. The fourth-order valence-corrected chi connectivity index (χ4v) is 1.48. The molecule has 0 aromatic heterocycles. The average molecular weight is 249 g/mol. The Morgan fingerprint density at radius 1 is 1.39 bits per heavy atom. The summed E-state index contributed by atoms with van der Waals surface area (Å²) in [6, 6.07) is 7.72. The van der Waals surface area contributed by atoms with Crippen LogP contribution in [0.4, 0.5) is 5.69 Å². The van der Waals surface area contributed by atoms with Gasteiger partial charge in [0.05, 0.1) is 6.61 Å². The van der Waals surface area contributed by atoms with E-state index in [0.717, 1.165) is 30.5 Å². The van der Waals surface area contributed by atoms with Crippen molar-refractivity contribution in [2.75, 3.05) is 31.7 Å². The summed E-state index contributed by atoms with van der Waals surface area (Å²) >= 11 is 0. The number of nitrogens with zero attached hydrogens (tertiary/aromatic N) is 1. The monoisotopic (exact) mass is 249 g/mol. The molecule has 0 spiro atoms. The van der Waals surface area contributed by atoms with Crippen molar-refractivity contribution in [3.05, 3.63) is 35.9 Å². The van der Waals surface area contributed by atoms with E-state index in [1.54, 1.807) is 6.08 Å². The Morgan fingerprint density at radius 2 is 2.06 bits per heavy atom. The summed E-state index contributed by atoms with van der Waals surface area (Å²) in [7, 11) is 2.00. The van der Waals surface area contributed by atoms with Crippen molar-refractivity contribution in [1.82, 2.24) is 0 Å². The van der Waals surface area contributed by atoms with Crippen LogP contribution in [0.25, 0.3) is 6.08 Å². The maximum atomic E-state index is 10.4. The van der Waals surface area contributed by atoms with Gasteiger partial charge in [-0.25, -0.2) is 4.79 Å². The van der Waals surface area contributed by atoms with Crippen LogP contribution in [0, 0.1) is 0 Å². The Kier molecular flexibility index (Phi) is 5.94. The van der Waals surface area contributed by atoms with E-state index in [0.29, 0.717) is 6.61 Å². The Bertz CT molecular complexity index is 398. The highest BCUT2D eigenvalue weighted by molar-refractivity contribution is 5.85. The van der Waals surface area contributed by atoms with E-state index in [2.05, 4.69) is 4.90 Å². The quantitative estimate of drug-likeness (QED) is 0.595. The number of benzene rings is 1. The van der Waals surface area contributed by atoms with Gasteiger partial charge in [0.15, 0.2) is 0 Å². The van der Waals surface area contributed by atoms with Crippen LogP contribution in [0.2, 0.25) is 0 Å². The molecule has 0 heterocycles. The van der Waals surface area contributed by atoms with E-state index >= 15 is 0 Å². The lowest BCUT2D eigenvalue weighted by atomic mass is 10.2. The van der Waals surface area contributed by atoms with Gasteiger partial charge < -0.3 is 14.7 Å². The molecule has 0 atom stereocenters. The minimum absolute atomic E-state index is 0.702. The maximum absolute atomic E-state index is 10.4. The first-order chi connectivity index (χ1) is 8.63. The van der Waals surface area contributed by atoms with Crippen molar-refractivity contribution in [2.45, 2.75) is 6.92 Å². The van der Waals surface area contributed by atoms with Crippen LogP contribution >= 0.6 is 0 Å². The second-order valence-corrected chi connectivity index (χ2v) is 3.88. The van der Waals surface area contributed by atoms with Crippen LogP contribution in [0.3, 0.4) is 0 Å². The van der Waals surface area contributed by atoms with Gasteiger partial charge in [-0.3, -0.25) is 0 Å². The zero-order valence-corrected chi connectivity index (χ0v) is 10.8. The molecule has 0 amide bonds. The van der Waals surface area contributed by atoms with Crippen LogP contribution in [0.5, 0.6) is 0 Å². The minimum Gasteiger partial charge on any atom is -0.478 e. The molecule has 4 heteroatoms. The van der Waals surface area contributed by atoms with Gasteiger partial charge in [-0.2, -0.15) is 0 Å². The number of carboxylic acid groups (broad SMARTS) is 1. The number of hydrogen-bond acceptors (Lipinski definition) is 3. The van der Waals surface area contributed by atoms with Crippen molar-refractivity contribution < 1.29 is 14.6 Å². The minimum atomic E-state index is -0.937. The topological polar surface area (TPSA) is 49.8 Å². The van der Waals surface area contributed by atoms with E-state index in [-0.39, 0.29) is 0 Å². The molecule has 0 unspecified atom stereocenters. The van der Waals surface area contributed by atoms with E-state index in [9.17, 15) is 4.79 Å². The molecule has 1 aromatic carbocycles. The van der Waals surface area contributed by atoms with Crippen LogP contribution in [0.15, 0.2) is 30.3 Å². The SMILES string of the molecule is CCOCCN(C)c1ccc(/C=C/C(=O)O)cc1. The van der Waals surface area contributed by atoms with Gasteiger partial charge in [0.1, 0.15) is 0 Å². The third-order valence-corrected chi connectivity index (χ3v) is 2.53. The van der Waals surface area contributed by atoms with Gasteiger partial charge in [0.25, 0.3) is 0 Å². The standard InChI is InChI=1S/C14H19NO3/c1-3-18-11-10-15(2)13-7-4-12(5-8-13)6-9-14(16)17/h4-9H,3,10-11H2,1-2H3,(H,16,17)/b9-6+. The molecule has 0 aliphatic rings. The number of rotatable bonds is 7. The van der Waals surface area contributed by atoms with Crippen molar-refractivity contribution in [1.29, 1.82) is 0 Å². The predicted octanol–water partition coefficient (Wildman–Crippen LogP) is 2.26. The van der Waals surface area contributed by atoms with Crippen LogP contribution in [-0.2, 0) is 9.53 Å². The highest BCUT2D eigenvalue weighted by Gasteiger charge is 2.00. The maximum Gasteiger partial charge on any atom is 0.328 e. The van der Waals surface area contributed by atoms with Gasteiger partial charge in [-0.15, -0.1) is 0 Å². The molecule has 0 fully saturated rings. The molecule has 0 radical (unpaired) electrons. The molecule has 0 aliphatic heterocycles. The summed E-state index contributed by atoms with van der Waals surface area (Å²) in [5.41, 5.74) is 1.96. The second-order valence-electron chi connectivity index (χ2n) is 3.88. The molecule has 18 heavy (non-hydrogen) atoms. The van der Waals surface area contributed by atoms with Gasteiger partial charge in [-0.05, 0) is 30.7 Å². The second kappa shape index (κ2) is 7.50. The third-order valence-electron chi connectivity index (χ3n) is 2.53. The molecule has 4 nitrogen and oxygen atoms in total. The van der Waals surface area contributed by atoms with Crippen LogP contribution < -0.4 is 4.90 Å². The molecular formula is C14H19NO3. The fourth-order valence-electron chi connectivity index (χ4n) is 1.48. The first-order valence-electron chi connectivity index (χ1n) is 5.93. The molecule has 0 saturated heterocycles. The third kappa shape index (κ3) is 5.01. The summed E-state index contributed by atoms with van der Waals surface area (Å²) in [6.45, 7) is 4.24. The number of aliphatic carboxylic acids is 1. The van der Waals surface area contributed by atoms with Gasteiger partial charge in [0, 0.05) is 32.0 Å². The van der Waals surface area contributed by atoms with Crippen molar-refractivity contribution >= 4 is 17.7 Å². The Balaban J connectivity index is 2.56. The molecule has 1 rings (SSSR count). The van der Waals surface area contributed by atoms with Crippen molar-refractivity contribution in [3.8, 4) is 0 Å². The van der Waals surface area contributed by atoms with E-state index < -0.39 is 5.97 Å². The summed E-state index contributed by atoms with van der Waals surface area (Å²) in [5.74, 6) is -0.937. The normalized spacial score (nSPS) is 10.8. The number of anilines is 1.